The lowest BCUT2D eigenvalue weighted by atomic mass is 10.0. The van der Waals surface area contributed by atoms with Crippen molar-refractivity contribution < 1.29 is 0 Å². The molecular weight excluding hydrogens is 230 g/mol. The van der Waals surface area contributed by atoms with Gasteiger partial charge in [0.05, 0.1) is 6.57 Å². The highest BCUT2D eigenvalue weighted by atomic mass is 14.6. The average molecular weight is 243 g/mol. The Morgan fingerprint density at radius 2 is 1.74 bits per heavy atom. The lowest BCUT2D eigenvalue weighted by molar-refractivity contribution is 1.31. The number of nitrogens with zero attached hydrogens (tertiary/aromatic N) is 1. The number of hydrogen-bond acceptors (Lipinski definition) is 0. The summed E-state index contributed by atoms with van der Waals surface area (Å²) in [4.78, 5) is 3.54. The quantitative estimate of drug-likeness (QED) is 0.661. The lowest BCUT2D eigenvalue weighted by Crippen LogP contribution is -1.81. The van der Waals surface area contributed by atoms with Crippen LogP contribution in [0.4, 0.5) is 5.69 Å². The molecule has 0 bridgehead atoms. The topological polar surface area (TPSA) is 4.36 Å². The average Bonchev–Trinajstić information content (AvgIpc) is 2.89. The van der Waals surface area contributed by atoms with Crippen molar-refractivity contribution in [1.82, 2.24) is 0 Å². The summed E-state index contributed by atoms with van der Waals surface area (Å²) >= 11 is 0. The molecule has 1 nitrogen and oxygen atoms in total. The fourth-order valence-electron chi connectivity index (χ4n) is 2.38. The van der Waals surface area contributed by atoms with Gasteiger partial charge in [-0.05, 0) is 28.7 Å². The van der Waals surface area contributed by atoms with Gasteiger partial charge in [-0.2, -0.15) is 0 Å². The molecule has 0 aromatic heterocycles. The van der Waals surface area contributed by atoms with Gasteiger partial charge in [0, 0.05) is 0 Å². The largest absolute Gasteiger partial charge is 0.238 e. The Morgan fingerprint density at radius 1 is 0.947 bits per heavy atom. The molecule has 2 aromatic rings. The highest BCUT2D eigenvalue weighted by Crippen LogP contribution is 2.29. The van der Waals surface area contributed by atoms with E-state index in [0.717, 1.165) is 12.0 Å². The van der Waals surface area contributed by atoms with Gasteiger partial charge in [-0.1, -0.05) is 66.8 Å². The third-order valence-electron chi connectivity index (χ3n) is 3.37. The first-order valence-electron chi connectivity index (χ1n) is 6.31. The summed E-state index contributed by atoms with van der Waals surface area (Å²) in [6.07, 6.45) is 7.37. The van der Waals surface area contributed by atoms with E-state index in [9.17, 15) is 0 Å². The standard InChI is InChI=1S/C18H13N/c1-19-18-9-5-3-7-16(18)13-12-15-11-10-14-6-2-4-8-17(14)15/h2-9,11-13H,10H2/b13-12+. The number of benzene rings is 2. The van der Waals surface area contributed by atoms with Crippen LogP contribution in [0.2, 0.25) is 0 Å². The Labute approximate surface area is 113 Å². The van der Waals surface area contributed by atoms with Crippen LogP contribution >= 0.6 is 0 Å². The van der Waals surface area contributed by atoms with Crippen LogP contribution in [0.1, 0.15) is 16.7 Å². The molecule has 0 amide bonds. The maximum Gasteiger partial charge on any atom is 0.194 e. The second kappa shape index (κ2) is 4.96. The Morgan fingerprint density at radius 3 is 2.63 bits per heavy atom. The maximum atomic E-state index is 7.17. The summed E-state index contributed by atoms with van der Waals surface area (Å²) in [5, 5.41) is 0. The molecule has 19 heavy (non-hydrogen) atoms. The van der Waals surface area contributed by atoms with Crippen molar-refractivity contribution in [1.29, 1.82) is 0 Å². The van der Waals surface area contributed by atoms with Gasteiger partial charge in [0.15, 0.2) is 5.69 Å². The van der Waals surface area contributed by atoms with E-state index in [0.29, 0.717) is 5.69 Å². The number of para-hydroxylation sites is 1. The van der Waals surface area contributed by atoms with Crippen molar-refractivity contribution >= 4 is 17.3 Å². The van der Waals surface area contributed by atoms with Crippen LogP contribution in [0.3, 0.4) is 0 Å². The van der Waals surface area contributed by atoms with Gasteiger partial charge in [-0.3, -0.25) is 0 Å². The zero-order chi connectivity index (χ0) is 13.1. The molecule has 0 N–H and O–H groups in total. The van der Waals surface area contributed by atoms with Crippen LogP contribution in [0, 0.1) is 6.57 Å². The van der Waals surface area contributed by atoms with Gasteiger partial charge in [0.1, 0.15) is 0 Å². The number of hydrogen-bond donors (Lipinski definition) is 0. The van der Waals surface area contributed by atoms with E-state index < -0.39 is 0 Å². The highest BCUT2D eigenvalue weighted by molar-refractivity contribution is 5.84. The SMILES string of the molecule is [C-]#[N+]c1ccccc1/C=C/C1=CCc2ccccc21. The minimum Gasteiger partial charge on any atom is -0.238 e. The molecule has 0 atom stereocenters. The summed E-state index contributed by atoms with van der Waals surface area (Å²) in [5.41, 5.74) is 5.60. The summed E-state index contributed by atoms with van der Waals surface area (Å²) < 4.78 is 0. The van der Waals surface area contributed by atoms with Crippen LogP contribution < -0.4 is 0 Å². The number of rotatable bonds is 2. The van der Waals surface area contributed by atoms with Gasteiger partial charge in [-0.25, -0.2) is 4.85 Å². The monoisotopic (exact) mass is 243 g/mol. The van der Waals surface area contributed by atoms with Crippen molar-refractivity contribution in [3.05, 3.63) is 88.8 Å². The molecule has 0 spiro atoms. The zero-order valence-corrected chi connectivity index (χ0v) is 10.5. The van der Waals surface area contributed by atoms with Crippen molar-refractivity contribution in [2.24, 2.45) is 0 Å². The first-order valence-corrected chi connectivity index (χ1v) is 6.31. The van der Waals surface area contributed by atoms with Crippen LogP contribution in [0.25, 0.3) is 16.5 Å². The first-order chi connectivity index (χ1) is 9.38. The molecule has 0 saturated heterocycles. The van der Waals surface area contributed by atoms with Crippen molar-refractivity contribution in [3.63, 3.8) is 0 Å². The zero-order valence-electron chi connectivity index (χ0n) is 10.5. The summed E-state index contributed by atoms with van der Waals surface area (Å²) in [5.74, 6) is 0. The number of fused-ring (bicyclic) bond motifs is 1. The Bertz CT molecular complexity index is 714. The van der Waals surface area contributed by atoms with E-state index in [1.165, 1.54) is 16.7 Å². The van der Waals surface area contributed by atoms with Crippen molar-refractivity contribution in [3.8, 4) is 0 Å². The fourth-order valence-corrected chi connectivity index (χ4v) is 2.38. The first kappa shape index (κ1) is 11.5. The minimum atomic E-state index is 0.700. The second-order valence-corrected chi connectivity index (χ2v) is 4.52. The van der Waals surface area contributed by atoms with Crippen LogP contribution in [0.5, 0.6) is 0 Å². The summed E-state index contributed by atoms with van der Waals surface area (Å²) in [7, 11) is 0. The molecule has 0 aliphatic heterocycles. The predicted molar refractivity (Wildman–Crippen MR) is 79.9 cm³/mol. The van der Waals surface area contributed by atoms with Gasteiger partial charge < -0.3 is 0 Å². The lowest BCUT2D eigenvalue weighted by Gasteiger charge is -2.01. The normalized spacial score (nSPS) is 13.1. The molecule has 0 radical (unpaired) electrons. The van der Waals surface area contributed by atoms with Crippen molar-refractivity contribution in [2.45, 2.75) is 6.42 Å². The predicted octanol–water partition coefficient (Wildman–Crippen LogP) is 4.89. The molecular formula is C18H13N. The van der Waals surface area contributed by atoms with E-state index in [1.807, 2.05) is 30.3 Å². The smallest absolute Gasteiger partial charge is 0.194 e. The Hall–Kier alpha value is -2.59. The van der Waals surface area contributed by atoms with Gasteiger partial charge in [-0.15, -0.1) is 0 Å². The molecule has 1 heteroatoms. The number of allylic oxidation sites excluding steroid dienone is 3. The molecule has 1 aliphatic carbocycles. The molecule has 0 saturated carbocycles. The summed E-state index contributed by atoms with van der Waals surface area (Å²) in [6.45, 7) is 7.17. The second-order valence-electron chi connectivity index (χ2n) is 4.52. The van der Waals surface area contributed by atoms with Gasteiger partial charge in [0.25, 0.3) is 0 Å². The molecule has 90 valence electrons. The van der Waals surface area contributed by atoms with E-state index in [2.05, 4.69) is 41.3 Å². The molecule has 0 fully saturated rings. The van der Waals surface area contributed by atoms with Crippen molar-refractivity contribution in [2.75, 3.05) is 0 Å². The van der Waals surface area contributed by atoms with Crippen LogP contribution in [-0.2, 0) is 6.42 Å². The molecule has 0 heterocycles. The molecule has 3 rings (SSSR count). The third-order valence-corrected chi connectivity index (χ3v) is 3.37. The Kier molecular flexibility index (Phi) is 3.00. The third kappa shape index (κ3) is 2.21. The minimum absolute atomic E-state index is 0.700. The summed E-state index contributed by atoms with van der Waals surface area (Å²) in [6, 6.07) is 16.2. The van der Waals surface area contributed by atoms with Crippen LogP contribution in [0.15, 0.2) is 60.7 Å². The highest BCUT2D eigenvalue weighted by Gasteiger charge is 2.10. The molecule has 1 aliphatic rings. The fraction of sp³-hybridized carbons (Fsp3) is 0.0556. The molecule has 2 aromatic carbocycles. The maximum absolute atomic E-state index is 7.17. The van der Waals surface area contributed by atoms with E-state index >= 15 is 0 Å². The Balaban J connectivity index is 1.91. The van der Waals surface area contributed by atoms with Gasteiger partial charge in [0.2, 0.25) is 0 Å². The van der Waals surface area contributed by atoms with E-state index in [-0.39, 0.29) is 0 Å². The molecule has 0 unspecified atom stereocenters. The van der Waals surface area contributed by atoms with Crippen LogP contribution in [-0.4, -0.2) is 0 Å². The van der Waals surface area contributed by atoms with Gasteiger partial charge >= 0.3 is 0 Å². The van der Waals surface area contributed by atoms with E-state index in [1.54, 1.807) is 0 Å². The van der Waals surface area contributed by atoms with E-state index in [4.69, 9.17) is 6.57 Å².